The van der Waals surface area contributed by atoms with Crippen LogP contribution in [0.4, 0.5) is 8.78 Å². The van der Waals surface area contributed by atoms with Gasteiger partial charge in [-0.1, -0.05) is 13.8 Å². The number of carboxylic acids is 1. The Morgan fingerprint density at radius 3 is 2.32 bits per heavy atom. The molecule has 0 bridgehead atoms. The van der Waals surface area contributed by atoms with Crippen molar-refractivity contribution in [2.75, 3.05) is 0 Å². The van der Waals surface area contributed by atoms with Crippen LogP contribution < -0.4 is 4.74 Å². The van der Waals surface area contributed by atoms with Gasteiger partial charge in [0.1, 0.15) is 11.3 Å². The highest BCUT2D eigenvalue weighted by Gasteiger charge is 2.23. The Bertz CT molecular complexity index is 679. The van der Waals surface area contributed by atoms with Gasteiger partial charge in [-0.05, 0) is 37.1 Å². The summed E-state index contributed by atoms with van der Waals surface area (Å²) in [7, 11) is 0. The quantitative estimate of drug-likeness (QED) is 0.916. The molecule has 1 heterocycles. The number of carbonyl (C=O) groups is 1. The lowest BCUT2D eigenvalue weighted by Crippen LogP contribution is -2.08. The molecule has 0 aliphatic carbocycles. The molecule has 1 aromatic heterocycles. The molecule has 7 heteroatoms. The van der Waals surface area contributed by atoms with Gasteiger partial charge in [0.05, 0.1) is 17.1 Å². The Hall–Kier alpha value is -2.44. The van der Waals surface area contributed by atoms with Crippen LogP contribution in [-0.2, 0) is 0 Å². The standard InChI is InChI=1S/C15H16F2N2O3/c1-8(2)13-12(14(20)21)9(3)18-19(13)10-4-6-11(7-5-10)22-15(16)17/h4-8,15H,1-3H3,(H,20,21). The number of ether oxygens (including phenoxy) is 1. The molecule has 1 aromatic carbocycles. The van der Waals surface area contributed by atoms with E-state index in [0.29, 0.717) is 17.1 Å². The van der Waals surface area contributed by atoms with E-state index in [4.69, 9.17) is 0 Å². The number of alkyl halides is 2. The summed E-state index contributed by atoms with van der Waals surface area (Å²) in [6, 6.07) is 5.90. The molecule has 22 heavy (non-hydrogen) atoms. The van der Waals surface area contributed by atoms with Gasteiger partial charge in [0.25, 0.3) is 0 Å². The Labute approximate surface area is 126 Å². The fourth-order valence-corrected chi connectivity index (χ4v) is 2.31. The number of hydrogen-bond acceptors (Lipinski definition) is 3. The van der Waals surface area contributed by atoms with E-state index in [1.165, 1.54) is 16.8 Å². The highest BCUT2D eigenvalue weighted by molar-refractivity contribution is 5.90. The third kappa shape index (κ3) is 3.08. The van der Waals surface area contributed by atoms with Crippen molar-refractivity contribution < 1.29 is 23.4 Å². The van der Waals surface area contributed by atoms with Crippen LogP contribution in [0.15, 0.2) is 24.3 Å². The largest absolute Gasteiger partial charge is 0.478 e. The molecule has 0 fully saturated rings. The van der Waals surface area contributed by atoms with Gasteiger partial charge < -0.3 is 9.84 Å². The lowest BCUT2D eigenvalue weighted by atomic mass is 10.0. The lowest BCUT2D eigenvalue weighted by Gasteiger charge is -2.12. The molecule has 2 aromatic rings. The maximum absolute atomic E-state index is 12.2. The molecule has 0 radical (unpaired) electrons. The van der Waals surface area contributed by atoms with E-state index in [0.717, 1.165) is 0 Å². The van der Waals surface area contributed by atoms with Crippen LogP contribution in [0, 0.1) is 6.92 Å². The van der Waals surface area contributed by atoms with Crippen molar-refractivity contribution in [3.05, 3.63) is 41.2 Å². The van der Waals surface area contributed by atoms with Crippen LogP contribution >= 0.6 is 0 Å². The molecule has 118 valence electrons. The first kappa shape index (κ1) is 15.9. The van der Waals surface area contributed by atoms with E-state index in [9.17, 15) is 18.7 Å². The normalized spacial score (nSPS) is 11.2. The van der Waals surface area contributed by atoms with Crippen molar-refractivity contribution in [2.24, 2.45) is 0 Å². The van der Waals surface area contributed by atoms with Crippen LogP contribution in [0.1, 0.15) is 41.5 Å². The third-order valence-electron chi connectivity index (χ3n) is 3.16. The van der Waals surface area contributed by atoms with Gasteiger partial charge in [-0.2, -0.15) is 13.9 Å². The summed E-state index contributed by atoms with van der Waals surface area (Å²) in [5, 5.41) is 13.6. The second-order valence-electron chi connectivity index (χ2n) is 5.09. The highest BCUT2D eigenvalue weighted by atomic mass is 19.3. The van der Waals surface area contributed by atoms with Crippen LogP contribution in [0.2, 0.25) is 0 Å². The van der Waals surface area contributed by atoms with Crippen molar-refractivity contribution in [3.8, 4) is 11.4 Å². The number of halogens is 2. The van der Waals surface area contributed by atoms with Crippen LogP contribution in [0.5, 0.6) is 5.75 Å². The fourth-order valence-electron chi connectivity index (χ4n) is 2.31. The molecule has 0 amide bonds. The highest BCUT2D eigenvalue weighted by Crippen LogP contribution is 2.27. The summed E-state index contributed by atoms with van der Waals surface area (Å²) in [6.45, 7) is 2.48. The summed E-state index contributed by atoms with van der Waals surface area (Å²) in [5.74, 6) is -1.07. The molecule has 1 N–H and O–H groups in total. The van der Waals surface area contributed by atoms with E-state index >= 15 is 0 Å². The van der Waals surface area contributed by atoms with Crippen LogP contribution in [0.25, 0.3) is 5.69 Å². The van der Waals surface area contributed by atoms with E-state index in [2.05, 4.69) is 9.84 Å². The first-order valence-electron chi connectivity index (χ1n) is 6.69. The topological polar surface area (TPSA) is 64.4 Å². The zero-order valence-electron chi connectivity index (χ0n) is 12.4. The Kier molecular flexibility index (Phi) is 4.44. The van der Waals surface area contributed by atoms with Gasteiger partial charge in [-0.3, -0.25) is 0 Å². The monoisotopic (exact) mass is 310 g/mol. The summed E-state index contributed by atoms with van der Waals surface area (Å²) < 4.78 is 30.1. The first-order chi connectivity index (χ1) is 10.3. The van der Waals surface area contributed by atoms with Gasteiger partial charge in [-0.15, -0.1) is 0 Å². The summed E-state index contributed by atoms with van der Waals surface area (Å²) in [5.41, 5.74) is 1.72. The Morgan fingerprint density at radius 2 is 1.86 bits per heavy atom. The van der Waals surface area contributed by atoms with Gasteiger partial charge >= 0.3 is 12.6 Å². The van der Waals surface area contributed by atoms with E-state index in [1.54, 1.807) is 19.1 Å². The molecule has 0 saturated carbocycles. The van der Waals surface area contributed by atoms with E-state index in [-0.39, 0.29) is 17.2 Å². The van der Waals surface area contributed by atoms with Crippen LogP contribution in [-0.4, -0.2) is 27.5 Å². The third-order valence-corrected chi connectivity index (χ3v) is 3.16. The number of aromatic carboxylic acids is 1. The predicted molar refractivity (Wildman–Crippen MR) is 76.0 cm³/mol. The average molecular weight is 310 g/mol. The predicted octanol–water partition coefficient (Wildman–Crippen LogP) is 3.60. The number of rotatable bonds is 5. The number of hydrogen-bond donors (Lipinski definition) is 1. The lowest BCUT2D eigenvalue weighted by molar-refractivity contribution is -0.0498. The van der Waals surface area contributed by atoms with E-state index in [1.807, 2.05) is 13.8 Å². The molecule has 0 aliphatic heterocycles. The molecule has 2 rings (SSSR count). The van der Waals surface area contributed by atoms with Crippen molar-refractivity contribution in [2.45, 2.75) is 33.3 Å². The summed E-state index contributed by atoms with van der Waals surface area (Å²) in [4.78, 5) is 11.4. The first-order valence-corrected chi connectivity index (χ1v) is 6.69. The minimum absolute atomic E-state index is 0.0344. The molecule has 0 atom stereocenters. The van der Waals surface area contributed by atoms with E-state index < -0.39 is 12.6 Å². The van der Waals surface area contributed by atoms with Crippen molar-refractivity contribution in [1.29, 1.82) is 0 Å². The molecular formula is C15H16F2N2O3. The number of benzene rings is 1. The maximum atomic E-state index is 12.2. The number of nitrogens with zero attached hydrogens (tertiary/aromatic N) is 2. The summed E-state index contributed by atoms with van der Waals surface area (Å²) >= 11 is 0. The molecule has 0 spiro atoms. The SMILES string of the molecule is Cc1nn(-c2ccc(OC(F)F)cc2)c(C(C)C)c1C(=O)O. The maximum Gasteiger partial charge on any atom is 0.387 e. The minimum Gasteiger partial charge on any atom is -0.478 e. The van der Waals surface area contributed by atoms with Gasteiger partial charge in [0.15, 0.2) is 0 Å². The van der Waals surface area contributed by atoms with Crippen LogP contribution in [0.3, 0.4) is 0 Å². The van der Waals surface area contributed by atoms with Gasteiger partial charge in [0, 0.05) is 0 Å². The number of aromatic nitrogens is 2. The van der Waals surface area contributed by atoms with Crippen molar-refractivity contribution >= 4 is 5.97 Å². The summed E-state index contributed by atoms with van der Waals surface area (Å²) in [6.07, 6.45) is 0. The zero-order valence-corrected chi connectivity index (χ0v) is 12.4. The zero-order chi connectivity index (χ0) is 16.4. The second-order valence-corrected chi connectivity index (χ2v) is 5.09. The Morgan fingerprint density at radius 1 is 1.27 bits per heavy atom. The van der Waals surface area contributed by atoms with Gasteiger partial charge in [0.2, 0.25) is 0 Å². The molecular weight excluding hydrogens is 294 g/mol. The minimum atomic E-state index is -2.89. The molecule has 0 saturated heterocycles. The Balaban J connectivity index is 2.48. The van der Waals surface area contributed by atoms with Crippen molar-refractivity contribution in [1.82, 2.24) is 9.78 Å². The average Bonchev–Trinajstić information content (AvgIpc) is 2.76. The molecule has 0 unspecified atom stereocenters. The number of carboxylic acid groups (broad SMARTS) is 1. The van der Waals surface area contributed by atoms with Gasteiger partial charge in [-0.25, -0.2) is 9.48 Å². The molecule has 5 nitrogen and oxygen atoms in total. The second kappa shape index (κ2) is 6.13. The fraction of sp³-hybridized carbons (Fsp3) is 0.333. The number of aryl methyl sites for hydroxylation is 1. The smallest absolute Gasteiger partial charge is 0.387 e. The molecule has 0 aliphatic rings. The van der Waals surface area contributed by atoms with Crippen molar-refractivity contribution in [3.63, 3.8) is 0 Å².